The van der Waals surface area contributed by atoms with Crippen LogP contribution in [-0.4, -0.2) is 31.3 Å². The number of esters is 1. The zero-order valence-corrected chi connectivity index (χ0v) is 17.4. The maximum Gasteiger partial charge on any atom is 0.316 e. The summed E-state index contributed by atoms with van der Waals surface area (Å²) in [7, 11) is 1.61. The SMILES string of the molecule is COc1ccc([C@H](NC(=O)COC(=O)CSc2ccccc2)c2ccccc2)cc1. The molecule has 3 aromatic rings. The quantitative estimate of drug-likeness (QED) is 0.414. The summed E-state index contributed by atoms with van der Waals surface area (Å²) in [5.41, 5.74) is 1.84. The molecule has 0 saturated carbocycles. The summed E-state index contributed by atoms with van der Waals surface area (Å²) in [6.07, 6.45) is 0. The van der Waals surface area contributed by atoms with E-state index < -0.39 is 5.97 Å². The Morgan fingerprint density at radius 1 is 0.867 bits per heavy atom. The summed E-state index contributed by atoms with van der Waals surface area (Å²) in [5, 5.41) is 2.95. The van der Waals surface area contributed by atoms with Crippen molar-refractivity contribution in [3.8, 4) is 5.75 Å². The number of methoxy groups -OCH3 is 1. The molecule has 0 bridgehead atoms. The van der Waals surface area contributed by atoms with Crippen LogP contribution in [-0.2, 0) is 14.3 Å². The van der Waals surface area contributed by atoms with Crippen molar-refractivity contribution in [1.82, 2.24) is 5.32 Å². The Hall–Kier alpha value is -3.25. The number of ether oxygens (including phenoxy) is 2. The molecular formula is C24H23NO4S. The van der Waals surface area contributed by atoms with Gasteiger partial charge < -0.3 is 14.8 Å². The predicted octanol–water partition coefficient (Wildman–Crippen LogP) is 4.24. The van der Waals surface area contributed by atoms with E-state index in [-0.39, 0.29) is 24.3 Å². The van der Waals surface area contributed by atoms with Crippen molar-refractivity contribution < 1.29 is 19.1 Å². The van der Waals surface area contributed by atoms with Gasteiger partial charge in [0.05, 0.1) is 18.9 Å². The van der Waals surface area contributed by atoms with E-state index in [1.165, 1.54) is 11.8 Å². The van der Waals surface area contributed by atoms with Gasteiger partial charge in [-0.05, 0) is 35.4 Å². The van der Waals surface area contributed by atoms with Gasteiger partial charge in [0.2, 0.25) is 0 Å². The lowest BCUT2D eigenvalue weighted by Crippen LogP contribution is -2.33. The smallest absolute Gasteiger partial charge is 0.316 e. The Morgan fingerprint density at radius 2 is 1.47 bits per heavy atom. The molecule has 0 unspecified atom stereocenters. The van der Waals surface area contributed by atoms with Gasteiger partial charge in [-0.2, -0.15) is 0 Å². The number of carbonyl (C=O) groups is 2. The number of amides is 1. The normalized spacial score (nSPS) is 11.4. The van der Waals surface area contributed by atoms with E-state index >= 15 is 0 Å². The van der Waals surface area contributed by atoms with Gasteiger partial charge in [-0.25, -0.2) is 0 Å². The second kappa shape index (κ2) is 11.1. The topological polar surface area (TPSA) is 64.6 Å². The van der Waals surface area contributed by atoms with Gasteiger partial charge in [0.25, 0.3) is 5.91 Å². The lowest BCUT2D eigenvalue weighted by molar-refractivity contribution is -0.146. The minimum Gasteiger partial charge on any atom is -0.497 e. The van der Waals surface area contributed by atoms with Gasteiger partial charge in [-0.3, -0.25) is 9.59 Å². The van der Waals surface area contributed by atoms with Crippen molar-refractivity contribution in [2.24, 2.45) is 0 Å². The third kappa shape index (κ3) is 6.39. The lowest BCUT2D eigenvalue weighted by Gasteiger charge is -2.20. The first kappa shape index (κ1) is 21.5. The summed E-state index contributed by atoms with van der Waals surface area (Å²) in [6.45, 7) is -0.326. The maximum absolute atomic E-state index is 12.5. The summed E-state index contributed by atoms with van der Waals surface area (Å²) < 4.78 is 10.4. The van der Waals surface area contributed by atoms with E-state index in [0.29, 0.717) is 0 Å². The fourth-order valence-electron chi connectivity index (χ4n) is 2.85. The van der Waals surface area contributed by atoms with E-state index in [1.807, 2.05) is 84.9 Å². The molecule has 0 heterocycles. The van der Waals surface area contributed by atoms with Gasteiger partial charge in [0, 0.05) is 4.90 Å². The second-order valence-electron chi connectivity index (χ2n) is 6.45. The van der Waals surface area contributed by atoms with Crippen LogP contribution in [0.5, 0.6) is 5.75 Å². The van der Waals surface area contributed by atoms with Crippen LogP contribution in [0.25, 0.3) is 0 Å². The minimum absolute atomic E-state index is 0.151. The molecular weight excluding hydrogens is 398 g/mol. The van der Waals surface area contributed by atoms with Crippen LogP contribution in [0.3, 0.4) is 0 Å². The van der Waals surface area contributed by atoms with Crippen molar-refractivity contribution in [2.75, 3.05) is 19.5 Å². The zero-order chi connectivity index (χ0) is 21.2. The fourth-order valence-corrected chi connectivity index (χ4v) is 3.57. The lowest BCUT2D eigenvalue weighted by atomic mass is 9.98. The summed E-state index contributed by atoms with van der Waals surface area (Å²) in [6, 6.07) is 26.3. The summed E-state index contributed by atoms with van der Waals surface area (Å²) in [4.78, 5) is 25.4. The van der Waals surface area contributed by atoms with E-state index in [9.17, 15) is 9.59 Å². The molecule has 0 saturated heterocycles. The molecule has 0 aliphatic rings. The third-order valence-corrected chi connectivity index (χ3v) is 5.34. The van der Waals surface area contributed by atoms with Crippen LogP contribution in [0.1, 0.15) is 17.2 Å². The molecule has 0 radical (unpaired) electrons. The fraction of sp³-hybridized carbons (Fsp3) is 0.167. The number of hydrogen-bond donors (Lipinski definition) is 1. The largest absolute Gasteiger partial charge is 0.497 e. The molecule has 1 amide bonds. The van der Waals surface area contributed by atoms with E-state index in [2.05, 4.69) is 5.32 Å². The van der Waals surface area contributed by atoms with Crippen molar-refractivity contribution in [3.05, 3.63) is 96.1 Å². The first-order valence-corrected chi connectivity index (χ1v) is 10.5. The monoisotopic (exact) mass is 421 g/mol. The predicted molar refractivity (Wildman–Crippen MR) is 118 cm³/mol. The molecule has 3 aromatic carbocycles. The molecule has 6 heteroatoms. The minimum atomic E-state index is -0.431. The highest BCUT2D eigenvalue weighted by Gasteiger charge is 2.18. The van der Waals surface area contributed by atoms with Crippen LogP contribution < -0.4 is 10.1 Å². The molecule has 1 N–H and O–H groups in total. The van der Waals surface area contributed by atoms with Crippen LogP contribution >= 0.6 is 11.8 Å². The van der Waals surface area contributed by atoms with Gasteiger partial charge >= 0.3 is 5.97 Å². The molecule has 0 spiro atoms. The molecule has 0 fully saturated rings. The van der Waals surface area contributed by atoms with E-state index in [0.717, 1.165) is 21.8 Å². The number of thioether (sulfide) groups is 1. The standard InChI is InChI=1S/C24H23NO4S/c1-28-20-14-12-19(13-15-20)24(18-8-4-2-5-9-18)25-22(26)16-29-23(27)17-30-21-10-6-3-7-11-21/h2-15,24H,16-17H2,1H3,(H,25,26)/t24-/m1/s1. The molecule has 154 valence electrons. The summed E-state index contributed by atoms with van der Waals surface area (Å²) in [5.74, 6) is 0.0944. The van der Waals surface area contributed by atoms with Crippen LogP contribution in [0.2, 0.25) is 0 Å². The molecule has 1 atom stereocenters. The van der Waals surface area contributed by atoms with Crippen molar-refractivity contribution in [3.63, 3.8) is 0 Å². The van der Waals surface area contributed by atoms with Crippen LogP contribution in [0.15, 0.2) is 89.8 Å². The molecule has 5 nitrogen and oxygen atoms in total. The van der Waals surface area contributed by atoms with Crippen LogP contribution in [0.4, 0.5) is 0 Å². The van der Waals surface area contributed by atoms with Gasteiger partial charge in [0.15, 0.2) is 6.61 Å². The second-order valence-corrected chi connectivity index (χ2v) is 7.50. The maximum atomic E-state index is 12.5. The first-order valence-electron chi connectivity index (χ1n) is 9.47. The van der Waals surface area contributed by atoms with Crippen molar-refractivity contribution in [2.45, 2.75) is 10.9 Å². The number of benzene rings is 3. The van der Waals surface area contributed by atoms with Gasteiger partial charge in [-0.1, -0.05) is 60.7 Å². The Bertz CT molecular complexity index is 946. The molecule has 3 rings (SSSR count). The molecule has 0 aromatic heterocycles. The first-order chi connectivity index (χ1) is 14.7. The Labute approximate surface area is 180 Å². The summed E-state index contributed by atoms with van der Waals surface area (Å²) >= 11 is 1.37. The average molecular weight is 422 g/mol. The highest BCUT2D eigenvalue weighted by atomic mass is 32.2. The number of carbonyl (C=O) groups excluding carboxylic acids is 2. The van der Waals surface area contributed by atoms with Gasteiger partial charge in [-0.15, -0.1) is 11.8 Å². The van der Waals surface area contributed by atoms with Gasteiger partial charge in [0.1, 0.15) is 5.75 Å². The number of nitrogens with one attached hydrogen (secondary N) is 1. The molecule has 0 aliphatic heterocycles. The zero-order valence-electron chi connectivity index (χ0n) is 16.6. The Kier molecular flexibility index (Phi) is 7.92. The Balaban J connectivity index is 1.58. The van der Waals surface area contributed by atoms with Crippen molar-refractivity contribution in [1.29, 1.82) is 0 Å². The van der Waals surface area contributed by atoms with E-state index in [1.54, 1.807) is 7.11 Å². The van der Waals surface area contributed by atoms with Crippen molar-refractivity contribution >= 4 is 23.6 Å². The average Bonchev–Trinajstić information content (AvgIpc) is 2.81. The van der Waals surface area contributed by atoms with Crippen LogP contribution in [0, 0.1) is 0 Å². The highest BCUT2D eigenvalue weighted by molar-refractivity contribution is 8.00. The van der Waals surface area contributed by atoms with E-state index in [4.69, 9.17) is 9.47 Å². The molecule has 0 aliphatic carbocycles. The molecule has 30 heavy (non-hydrogen) atoms. The third-order valence-electron chi connectivity index (χ3n) is 4.35. The number of rotatable bonds is 9. The number of hydrogen-bond acceptors (Lipinski definition) is 5. The highest BCUT2D eigenvalue weighted by Crippen LogP contribution is 2.24. The Morgan fingerprint density at radius 3 is 2.10 bits per heavy atom.